The number of nitrogens with zero attached hydrogens (tertiary/aromatic N) is 1. The molecule has 0 aliphatic carbocycles. The molecule has 2 atom stereocenters. The maximum absolute atomic E-state index is 13.4. The molecule has 0 aromatic carbocycles. The van der Waals surface area contributed by atoms with Crippen LogP contribution in [0.2, 0.25) is 0 Å². The molecule has 0 saturated carbocycles. The molecule has 0 spiro atoms. The topological polar surface area (TPSA) is 30.0 Å². The highest BCUT2D eigenvalue weighted by atomic mass is 32.2. The normalized spacial score (nSPS) is 25.4. The minimum absolute atomic E-state index is 0.107. The number of halogens is 1. The Morgan fingerprint density at radius 3 is 2.94 bits per heavy atom. The standard InChI is InChI=1S/C11H12FNOS2/c1-7-11(16-5-4-15-7)10(14)8-2-3-13-6-9(8)12/h2-3,6-7,11H,4-5H2,1H3. The second-order valence-electron chi connectivity index (χ2n) is 3.59. The van der Waals surface area contributed by atoms with Gasteiger partial charge < -0.3 is 0 Å². The molecule has 16 heavy (non-hydrogen) atoms. The first-order valence-electron chi connectivity index (χ1n) is 5.07. The van der Waals surface area contributed by atoms with Gasteiger partial charge in [0.05, 0.1) is 17.0 Å². The summed E-state index contributed by atoms with van der Waals surface area (Å²) in [5.74, 6) is 1.40. The molecule has 0 bridgehead atoms. The number of hydrogen-bond donors (Lipinski definition) is 0. The van der Waals surface area contributed by atoms with Gasteiger partial charge in [-0.25, -0.2) is 4.39 Å². The summed E-state index contributed by atoms with van der Waals surface area (Å²) >= 11 is 3.40. The van der Waals surface area contributed by atoms with Crippen LogP contribution in [0.1, 0.15) is 17.3 Å². The lowest BCUT2D eigenvalue weighted by Gasteiger charge is -2.26. The van der Waals surface area contributed by atoms with Crippen LogP contribution >= 0.6 is 23.5 Å². The number of hydrogen-bond acceptors (Lipinski definition) is 4. The molecule has 1 aliphatic rings. The zero-order chi connectivity index (χ0) is 11.5. The van der Waals surface area contributed by atoms with Crippen LogP contribution in [-0.4, -0.2) is 32.8 Å². The van der Waals surface area contributed by atoms with E-state index in [4.69, 9.17) is 0 Å². The van der Waals surface area contributed by atoms with Gasteiger partial charge in [-0.15, -0.1) is 11.8 Å². The van der Waals surface area contributed by atoms with Crippen LogP contribution < -0.4 is 0 Å². The highest BCUT2D eigenvalue weighted by Crippen LogP contribution is 2.33. The minimum Gasteiger partial charge on any atom is -0.293 e. The fraction of sp³-hybridized carbons (Fsp3) is 0.455. The summed E-state index contributed by atoms with van der Waals surface area (Å²) in [6.07, 6.45) is 2.56. The molecule has 0 amide bonds. The average Bonchev–Trinajstić information content (AvgIpc) is 2.29. The lowest BCUT2D eigenvalue weighted by atomic mass is 10.1. The molecule has 0 radical (unpaired) electrons. The van der Waals surface area contributed by atoms with Gasteiger partial charge in [0.25, 0.3) is 0 Å². The van der Waals surface area contributed by atoms with Crippen LogP contribution in [-0.2, 0) is 0 Å². The monoisotopic (exact) mass is 257 g/mol. The van der Waals surface area contributed by atoms with E-state index in [1.54, 1.807) is 23.5 Å². The van der Waals surface area contributed by atoms with Crippen LogP contribution in [0.15, 0.2) is 18.5 Å². The molecular formula is C11H12FNOS2. The molecule has 86 valence electrons. The summed E-state index contributed by atoms with van der Waals surface area (Å²) in [4.78, 5) is 15.8. The number of aromatic nitrogens is 1. The van der Waals surface area contributed by atoms with Crippen LogP contribution in [0.4, 0.5) is 4.39 Å². The molecule has 0 N–H and O–H groups in total. The molecule has 1 aromatic rings. The van der Waals surface area contributed by atoms with Crippen molar-refractivity contribution in [3.63, 3.8) is 0 Å². The smallest absolute Gasteiger partial charge is 0.179 e. The Morgan fingerprint density at radius 1 is 1.50 bits per heavy atom. The highest BCUT2D eigenvalue weighted by molar-refractivity contribution is 8.07. The number of pyridine rings is 1. The van der Waals surface area contributed by atoms with E-state index in [2.05, 4.69) is 4.98 Å². The Hall–Kier alpha value is -0.550. The van der Waals surface area contributed by atoms with Crippen LogP contribution in [0.5, 0.6) is 0 Å². The first-order chi connectivity index (χ1) is 7.70. The van der Waals surface area contributed by atoms with Gasteiger partial charge in [0, 0.05) is 23.0 Å². The molecular weight excluding hydrogens is 245 g/mol. The molecule has 2 unspecified atom stereocenters. The van der Waals surface area contributed by atoms with E-state index in [1.807, 2.05) is 6.92 Å². The van der Waals surface area contributed by atoms with Gasteiger partial charge in [0.2, 0.25) is 0 Å². The van der Waals surface area contributed by atoms with Crippen molar-refractivity contribution in [1.82, 2.24) is 4.98 Å². The van der Waals surface area contributed by atoms with Crippen molar-refractivity contribution in [2.24, 2.45) is 0 Å². The largest absolute Gasteiger partial charge is 0.293 e. The SMILES string of the molecule is CC1SCCSC1C(=O)c1ccncc1F. The molecule has 1 aliphatic heterocycles. The molecule has 1 fully saturated rings. The maximum atomic E-state index is 13.4. The molecule has 2 nitrogen and oxygen atoms in total. The summed E-state index contributed by atoms with van der Waals surface area (Å²) in [5.41, 5.74) is 0.168. The number of rotatable bonds is 2. The predicted molar refractivity (Wildman–Crippen MR) is 66.7 cm³/mol. The number of Topliss-reactive ketones (excluding diaryl/α,β-unsaturated/α-hetero) is 1. The number of thioether (sulfide) groups is 2. The van der Waals surface area contributed by atoms with Gasteiger partial charge in [0.1, 0.15) is 0 Å². The lowest BCUT2D eigenvalue weighted by Crippen LogP contribution is -2.31. The van der Waals surface area contributed by atoms with Gasteiger partial charge in [-0.3, -0.25) is 9.78 Å². The van der Waals surface area contributed by atoms with E-state index < -0.39 is 5.82 Å². The van der Waals surface area contributed by atoms with E-state index in [-0.39, 0.29) is 21.8 Å². The van der Waals surface area contributed by atoms with E-state index in [0.717, 1.165) is 17.7 Å². The lowest BCUT2D eigenvalue weighted by molar-refractivity contribution is 0.0985. The summed E-state index contributed by atoms with van der Waals surface area (Å²) in [5, 5.41) is 0.120. The third-order valence-electron chi connectivity index (χ3n) is 2.48. The van der Waals surface area contributed by atoms with Crippen LogP contribution in [0.3, 0.4) is 0 Å². The fourth-order valence-electron chi connectivity index (χ4n) is 1.65. The Balaban J connectivity index is 2.21. The van der Waals surface area contributed by atoms with Crippen molar-refractivity contribution in [2.75, 3.05) is 11.5 Å². The van der Waals surface area contributed by atoms with Crippen molar-refractivity contribution in [1.29, 1.82) is 0 Å². The minimum atomic E-state index is -0.518. The van der Waals surface area contributed by atoms with E-state index in [1.165, 1.54) is 12.3 Å². The Labute approximate surface area is 102 Å². The van der Waals surface area contributed by atoms with Crippen molar-refractivity contribution in [2.45, 2.75) is 17.4 Å². The fourth-order valence-corrected chi connectivity index (χ4v) is 4.36. The second kappa shape index (κ2) is 5.19. The summed E-state index contributed by atoms with van der Waals surface area (Å²) in [7, 11) is 0. The Kier molecular flexibility index (Phi) is 3.86. The molecule has 2 rings (SSSR count). The number of carbonyl (C=O) groups excluding carboxylic acids is 1. The summed E-state index contributed by atoms with van der Waals surface area (Å²) in [6, 6.07) is 1.46. The highest BCUT2D eigenvalue weighted by Gasteiger charge is 2.30. The van der Waals surface area contributed by atoms with Crippen molar-refractivity contribution in [3.05, 3.63) is 29.8 Å². The average molecular weight is 257 g/mol. The maximum Gasteiger partial charge on any atom is 0.179 e. The third kappa shape index (κ3) is 2.40. The van der Waals surface area contributed by atoms with Gasteiger partial charge in [-0.1, -0.05) is 6.92 Å². The van der Waals surface area contributed by atoms with Crippen molar-refractivity contribution < 1.29 is 9.18 Å². The third-order valence-corrected chi connectivity index (χ3v) is 5.57. The number of carbonyl (C=O) groups is 1. The zero-order valence-corrected chi connectivity index (χ0v) is 10.5. The molecule has 1 aromatic heterocycles. The van der Waals surface area contributed by atoms with Gasteiger partial charge in [0.15, 0.2) is 11.6 Å². The summed E-state index contributed by atoms with van der Waals surface area (Å²) < 4.78 is 13.4. The molecule has 1 saturated heterocycles. The van der Waals surface area contributed by atoms with Gasteiger partial charge in [-0.2, -0.15) is 11.8 Å². The Morgan fingerprint density at radius 2 is 2.25 bits per heavy atom. The van der Waals surface area contributed by atoms with Crippen LogP contribution in [0, 0.1) is 5.82 Å². The zero-order valence-electron chi connectivity index (χ0n) is 8.85. The van der Waals surface area contributed by atoms with Gasteiger partial charge in [-0.05, 0) is 6.07 Å². The van der Waals surface area contributed by atoms with Crippen LogP contribution in [0.25, 0.3) is 0 Å². The van der Waals surface area contributed by atoms with E-state index in [9.17, 15) is 9.18 Å². The first-order valence-corrected chi connectivity index (χ1v) is 7.17. The summed E-state index contributed by atoms with van der Waals surface area (Å²) in [6.45, 7) is 2.03. The second-order valence-corrected chi connectivity index (χ2v) is 6.32. The first kappa shape index (κ1) is 11.9. The quantitative estimate of drug-likeness (QED) is 0.762. The van der Waals surface area contributed by atoms with Crippen molar-refractivity contribution in [3.8, 4) is 0 Å². The predicted octanol–water partition coefficient (Wildman–Crippen LogP) is 2.64. The molecule has 5 heteroatoms. The van der Waals surface area contributed by atoms with E-state index in [0.29, 0.717) is 0 Å². The van der Waals surface area contributed by atoms with Gasteiger partial charge >= 0.3 is 0 Å². The van der Waals surface area contributed by atoms with E-state index >= 15 is 0 Å². The van der Waals surface area contributed by atoms with Crippen molar-refractivity contribution >= 4 is 29.3 Å². The Bertz CT molecular complexity index is 399. The number of ketones is 1. The molecule has 2 heterocycles.